The predicted octanol–water partition coefficient (Wildman–Crippen LogP) is 4.93. The second-order valence-electron chi connectivity index (χ2n) is 5.54. The second-order valence-corrected chi connectivity index (χ2v) is 5.54. The molecule has 0 amide bonds. The van der Waals surface area contributed by atoms with Crippen LogP contribution in [0.5, 0.6) is 0 Å². The molecule has 0 N–H and O–H groups in total. The van der Waals surface area contributed by atoms with Crippen LogP contribution in [0.15, 0.2) is 48.5 Å². The molecule has 0 bridgehead atoms. The lowest BCUT2D eigenvalue weighted by molar-refractivity contribution is 0.236. The van der Waals surface area contributed by atoms with E-state index in [4.69, 9.17) is 4.98 Å². The highest BCUT2D eigenvalue weighted by molar-refractivity contribution is 5.58. The standard InChI is InChI=1S/C19H26N2/c1-4-6-15-19(21(3)5-2)18-14-10-13-17(20-18)16-11-8-7-9-12-16/h7-14,19H,4-6,15H2,1-3H3. The first-order valence-corrected chi connectivity index (χ1v) is 7.98. The number of hydrogen-bond acceptors (Lipinski definition) is 2. The Kier molecular flexibility index (Phi) is 5.94. The van der Waals surface area contributed by atoms with E-state index in [2.05, 4.69) is 68.3 Å². The lowest BCUT2D eigenvalue weighted by Crippen LogP contribution is -2.25. The van der Waals surface area contributed by atoms with E-state index in [9.17, 15) is 0 Å². The van der Waals surface area contributed by atoms with Gasteiger partial charge in [0.15, 0.2) is 0 Å². The summed E-state index contributed by atoms with van der Waals surface area (Å²) in [6.07, 6.45) is 3.64. The Hall–Kier alpha value is -1.67. The summed E-state index contributed by atoms with van der Waals surface area (Å²) in [5.41, 5.74) is 3.45. The summed E-state index contributed by atoms with van der Waals surface area (Å²) >= 11 is 0. The van der Waals surface area contributed by atoms with E-state index in [1.807, 2.05) is 6.07 Å². The molecule has 1 atom stereocenters. The third kappa shape index (κ3) is 4.15. The molecule has 1 aromatic carbocycles. The number of pyridine rings is 1. The first-order valence-electron chi connectivity index (χ1n) is 7.98. The summed E-state index contributed by atoms with van der Waals surface area (Å²) < 4.78 is 0. The third-order valence-electron chi connectivity index (χ3n) is 4.04. The molecule has 1 aromatic heterocycles. The monoisotopic (exact) mass is 282 g/mol. The molecule has 21 heavy (non-hydrogen) atoms. The molecule has 0 saturated heterocycles. The predicted molar refractivity (Wildman–Crippen MR) is 90.2 cm³/mol. The maximum atomic E-state index is 4.92. The van der Waals surface area contributed by atoms with Gasteiger partial charge in [0.2, 0.25) is 0 Å². The molecule has 0 saturated carbocycles. The molecule has 0 aliphatic rings. The summed E-state index contributed by atoms with van der Waals surface area (Å²) in [6.45, 7) is 5.50. The summed E-state index contributed by atoms with van der Waals surface area (Å²) in [4.78, 5) is 7.32. The highest BCUT2D eigenvalue weighted by atomic mass is 15.1. The number of nitrogens with zero attached hydrogens (tertiary/aromatic N) is 2. The van der Waals surface area contributed by atoms with E-state index in [1.54, 1.807) is 0 Å². The van der Waals surface area contributed by atoms with Gasteiger partial charge in [0, 0.05) is 5.56 Å². The Morgan fingerprint density at radius 1 is 1.00 bits per heavy atom. The third-order valence-corrected chi connectivity index (χ3v) is 4.04. The first kappa shape index (κ1) is 15.7. The van der Waals surface area contributed by atoms with Gasteiger partial charge in [-0.2, -0.15) is 0 Å². The Bertz CT molecular complexity index is 536. The molecule has 0 spiro atoms. The molecule has 0 radical (unpaired) electrons. The minimum absolute atomic E-state index is 0.415. The van der Waals surface area contributed by atoms with Gasteiger partial charge in [0.05, 0.1) is 17.4 Å². The molecule has 2 aromatic rings. The fraction of sp³-hybridized carbons (Fsp3) is 0.421. The quantitative estimate of drug-likeness (QED) is 0.715. The van der Waals surface area contributed by atoms with Crippen LogP contribution < -0.4 is 0 Å². The Labute approximate surface area is 128 Å². The molecule has 1 heterocycles. The molecule has 2 heteroatoms. The molecular formula is C19H26N2. The summed E-state index contributed by atoms with van der Waals surface area (Å²) in [7, 11) is 2.19. The Morgan fingerprint density at radius 3 is 2.43 bits per heavy atom. The molecule has 1 unspecified atom stereocenters. The van der Waals surface area contributed by atoms with Crippen molar-refractivity contribution in [3.05, 3.63) is 54.2 Å². The van der Waals surface area contributed by atoms with Crippen LogP contribution in [0.4, 0.5) is 0 Å². The van der Waals surface area contributed by atoms with E-state index in [0.717, 1.165) is 12.2 Å². The summed E-state index contributed by atoms with van der Waals surface area (Å²) in [5.74, 6) is 0. The van der Waals surface area contributed by atoms with Crippen LogP contribution in [-0.4, -0.2) is 23.5 Å². The summed E-state index contributed by atoms with van der Waals surface area (Å²) in [6, 6.07) is 17.2. The minimum atomic E-state index is 0.415. The average Bonchev–Trinajstić information content (AvgIpc) is 2.56. The van der Waals surface area contributed by atoms with E-state index >= 15 is 0 Å². The van der Waals surface area contributed by atoms with Gasteiger partial charge in [-0.3, -0.25) is 9.88 Å². The van der Waals surface area contributed by atoms with Gasteiger partial charge in [-0.25, -0.2) is 0 Å². The van der Waals surface area contributed by atoms with E-state index in [0.29, 0.717) is 6.04 Å². The van der Waals surface area contributed by atoms with Gasteiger partial charge < -0.3 is 0 Å². The molecule has 112 valence electrons. The number of rotatable bonds is 7. The van der Waals surface area contributed by atoms with Gasteiger partial charge in [-0.1, -0.05) is 63.1 Å². The van der Waals surface area contributed by atoms with Crippen LogP contribution >= 0.6 is 0 Å². The van der Waals surface area contributed by atoms with E-state index in [1.165, 1.54) is 30.5 Å². The van der Waals surface area contributed by atoms with Crippen molar-refractivity contribution in [3.63, 3.8) is 0 Å². The van der Waals surface area contributed by atoms with Gasteiger partial charge in [-0.05, 0) is 32.1 Å². The van der Waals surface area contributed by atoms with E-state index in [-0.39, 0.29) is 0 Å². The summed E-state index contributed by atoms with van der Waals surface area (Å²) in [5, 5.41) is 0. The molecule has 0 aliphatic carbocycles. The number of unbranched alkanes of at least 4 members (excludes halogenated alkanes) is 1. The lowest BCUT2D eigenvalue weighted by atomic mass is 10.0. The second kappa shape index (κ2) is 7.94. The zero-order valence-electron chi connectivity index (χ0n) is 13.4. The Balaban J connectivity index is 2.29. The first-order chi connectivity index (χ1) is 10.3. The molecule has 0 aliphatic heterocycles. The van der Waals surface area contributed by atoms with Gasteiger partial charge in [-0.15, -0.1) is 0 Å². The van der Waals surface area contributed by atoms with Crippen molar-refractivity contribution in [2.75, 3.05) is 13.6 Å². The maximum absolute atomic E-state index is 4.92. The minimum Gasteiger partial charge on any atom is -0.298 e. The number of aromatic nitrogens is 1. The number of benzene rings is 1. The topological polar surface area (TPSA) is 16.1 Å². The van der Waals surface area contributed by atoms with Gasteiger partial charge in [0.25, 0.3) is 0 Å². The zero-order valence-corrected chi connectivity index (χ0v) is 13.4. The highest BCUT2D eigenvalue weighted by Crippen LogP contribution is 2.26. The SMILES string of the molecule is CCCCC(c1cccc(-c2ccccc2)n1)N(C)CC. The maximum Gasteiger partial charge on any atom is 0.0706 e. The van der Waals surface area contributed by atoms with Crippen LogP contribution in [0.2, 0.25) is 0 Å². The van der Waals surface area contributed by atoms with Crippen LogP contribution in [-0.2, 0) is 0 Å². The fourth-order valence-corrected chi connectivity index (χ4v) is 2.62. The van der Waals surface area contributed by atoms with Crippen molar-refractivity contribution >= 4 is 0 Å². The molecule has 2 rings (SSSR count). The molecule has 2 nitrogen and oxygen atoms in total. The van der Waals surface area contributed by atoms with Crippen molar-refractivity contribution in [3.8, 4) is 11.3 Å². The smallest absolute Gasteiger partial charge is 0.0706 e. The van der Waals surface area contributed by atoms with Gasteiger partial charge >= 0.3 is 0 Å². The van der Waals surface area contributed by atoms with Crippen molar-refractivity contribution < 1.29 is 0 Å². The lowest BCUT2D eigenvalue weighted by Gasteiger charge is -2.26. The largest absolute Gasteiger partial charge is 0.298 e. The number of hydrogen-bond donors (Lipinski definition) is 0. The Morgan fingerprint density at radius 2 is 1.76 bits per heavy atom. The van der Waals surface area contributed by atoms with Crippen molar-refractivity contribution in [2.24, 2.45) is 0 Å². The van der Waals surface area contributed by atoms with Crippen LogP contribution in [0, 0.1) is 0 Å². The van der Waals surface area contributed by atoms with Crippen molar-refractivity contribution in [2.45, 2.75) is 39.2 Å². The molecule has 0 fully saturated rings. The highest BCUT2D eigenvalue weighted by Gasteiger charge is 2.17. The fourth-order valence-electron chi connectivity index (χ4n) is 2.62. The normalized spacial score (nSPS) is 12.6. The molecular weight excluding hydrogens is 256 g/mol. The average molecular weight is 282 g/mol. The van der Waals surface area contributed by atoms with Crippen LogP contribution in [0.3, 0.4) is 0 Å². The van der Waals surface area contributed by atoms with Crippen molar-refractivity contribution in [1.29, 1.82) is 0 Å². The zero-order chi connectivity index (χ0) is 15.1. The van der Waals surface area contributed by atoms with Gasteiger partial charge in [0.1, 0.15) is 0 Å². The van der Waals surface area contributed by atoms with Crippen LogP contribution in [0.25, 0.3) is 11.3 Å². The van der Waals surface area contributed by atoms with Crippen molar-refractivity contribution in [1.82, 2.24) is 9.88 Å². The van der Waals surface area contributed by atoms with Crippen LogP contribution in [0.1, 0.15) is 44.8 Å². The van der Waals surface area contributed by atoms with E-state index < -0.39 is 0 Å².